The molecule has 18 heavy (non-hydrogen) atoms. The van der Waals surface area contributed by atoms with E-state index < -0.39 is 0 Å². The highest BCUT2D eigenvalue weighted by molar-refractivity contribution is 5.99. The van der Waals surface area contributed by atoms with Crippen LogP contribution in [0.15, 0.2) is 18.2 Å². The van der Waals surface area contributed by atoms with Gasteiger partial charge in [0, 0.05) is 18.3 Å². The van der Waals surface area contributed by atoms with Crippen LogP contribution in [-0.4, -0.2) is 23.4 Å². The number of benzene rings is 1. The Morgan fingerprint density at radius 1 is 1.33 bits per heavy atom. The van der Waals surface area contributed by atoms with Crippen LogP contribution in [0.1, 0.15) is 42.6 Å². The van der Waals surface area contributed by atoms with Gasteiger partial charge in [-0.1, -0.05) is 19.1 Å². The first-order chi connectivity index (χ1) is 8.50. The standard InChI is InChI=1S/C15H22N2O/c1-10-7-8-12(3)17(9-10)15(18)13-6-4-5-11(2)14(13)16/h4-6,10,12H,7-9,16H2,1-3H3. The largest absolute Gasteiger partial charge is 0.398 e. The predicted molar refractivity (Wildman–Crippen MR) is 74.5 cm³/mol. The number of rotatable bonds is 1. The molecule has 1 saturated heterocycles. The Hall–Kier alpha value is -1.51. The number of likely N-dealkylation sites (tertiary alicyclic amines) is 1. The number of nitrogens with two attached hydrogens (primary N) is 1. The highest BCUT2D eigenvalue weighted by atomic mass is 16.2. The summed E-state index contributed by atoms with van der Waals surface area (Å²) in [6, 6.07) is 5.98. The lowest BCUT2D eigenvalue weighted by molar-refractivity contribution is 0.0575. The Morgan fingerprint density at radius 3 is 2.78 bits per heavy atom. The van der Waals surface area contributed by atoms with Crippen LogP contribution in [0.5, 0.6) is 0 Å². The van der Waals surface area contributed by atoms with Gasteiger partial charge in [0.25, 0.3) is 5.91 Å². The molecule has 2 N–H and O–H groups in total. The maximum absolute atomic E-state index is 12.6. The molecule has 0 aliphatic carbocycles. The molecule has 1 aromatic carbocycles. The number of carbonyl (C=O) groups is 1. The molecule has 0 spiro atoms. The number of para-hydroxylation sites is 1. The molecule has 3 heteroatoms. The van der Waals surface area contributed by atoms with E-state index in [-0.39, 0.29) is 5.91 Å². The number of piperidine rings is 1. The highest BCUT2D eigenvalue weighted by Gasteiger charge is 2.28. The lowest BCUT2D eigenvalue weighted by Gasteiger charge is -2.37. The Bertz CT molecular complexity index is 456. The van der Waals surface area contributed by atoms with Gasteiger partial charge in [-0.15, -0.1) is 0 Å². The van der Waals surface area contributed by atoms with E-state index >= 15 is 0 Å². The Kier molecular flexibility index (Phi) is 3.60. The van der Waals surface area contributed by atoms with Crippen molar-refractivity contribution < 1.29 is 4.79 Å². The van der Waals surface area contributed by atoms with Crippen molar-refractivity contribution in [1.82, 2.24) is 4.90 Å². The minimum absolute atomic E-state index is 0.0789. The number of aryl methyl sites for hydroxylation is 1. The van der Waals surface area contributed by atoms with Gasteiger partial charge in [-0.05, 0) is 44.2 Å². The van der Waals surface area contributed by atoms with E-state index in [9.17, 15) is 4.79 Å². The SMILES string of the molecule is Cc1cccc(C(=O)N2CC(C)CCC2C)c1N. The summed E-state index contributed by atoms with van der Waals surface area (Å²) in [6.07, 6.45) is 2.28. The molecule has 3 nitrogen and oxygen atoms in total. The van der Waals surface area contributed by atoms with Crippen molar-refractivity contribution in [2.45, 2.75) is 39.7 Å². The molecule has 2 atom stereocenters. The van der Waals surface area contributed by atoms with Crippen molar-refractivity contribution in [3.05, 3.63) is 29.3 Å². The van der Waals surface area contributed by atoms with Gasteiger partial charge in [0.1, 0.15) is 0 Å². The van der Waals surface area contributed by atoms with Crippen LogP contribution in [-0.2, 0) is 0 Å². The average molecular weight is 246 g/mol. The van der Waals surface area contributed by atoms with Gasteiger partial charge in [-0.3, -0.25) is 4.79 Å². The fraction of sp³-hybridized carbons (Fsp3) is 0.533. The second kappa shape index (κ2) is 5.01. The number of amides is 1. The van der Waals surface area contributed by atoms with Crippen LogP contribution in [0.3, 0.4) is 0 Å². The number of hydrogen-bond acceptors (Lipinski definition) is 2. The smallest absolute Gasteiger partial charge is 0.256 e. The van der Waals surface area contributed by atoms with Crippen LogP contribution in [0.2, 0.25) is 0 Å². The average Bonchev–Trinajstić information content (AvgIpc) is 2.35. The normalized spacial score (nSPS) is 24.1. The quantitative estimate of drug-likeness (QED) is 0.774. The Morgan fingerprint density at radius 2 is 2.06 bits per heavy atom. The summed E-state index contributed by atoms with van der Waals surface area (Å²) < 4.78 is 0. The maximum atomic E-state index is 12.6. The maximum Gasteiger partial charge on any atom is 0.256 e. The minimum Gasteiger partial charge on any atom is -0.398 e. The van der Waals surface area contributed by atoms with E-state index in [0.29, 0.717) is 23.2 Å². The molecule has 1 aromatic rings. The van der Waals surface area contributed by atoms with Gasteiger partial charge < -0.3 is 10.6 Å². The Balaban J connectivity index is 2.27. The van der Waals surface area contributed by atoms with Gasteiger partial charge in [-0.2, -0.15) is 0 Å². The van der Waals surface area contributed by atoms with E-state index in [1.54, 1.807) is 0 Å². The molecule has 0 radical (unpaired) electrons. The van der Waals surface area contributed by atoms with E-state index in [1.807, 2.05) is 30.0 Å². The molecule has 1 heterocycles. The van der Waals surface area contributed by atoms with Crippen molar-refractivity contribution in [2.24, 2.45) is 5.92 Å². The van der Waals surface area contributed by atoms with Crippen LogP contribution in [0.4, 0.5) is 5.69 Å². The number of anilines is 1. The summed E-state index contributed by atoms with van der Waals surface area (Å²) in [6.45, 7) is 7.10. The molecule has 0 aromatic heterocycles. The van der Waals surface area contributed by atoms with Crippen molar-refractivity contribution in [3.63, 3.8) is 0 Å². The third-order valence-corrected chi connectivity index (χ3v) is 3.93. The molecule has 98 valence electrons. The zero-order valence-corrected chi connectivity index (χ0v) is 11.4. The molecular weight excluding hydrogens is 224 g/mol. The number of nitrogens with zero attached hydrogens (tertiary/aromatic N) is 1. The summed E-state index contributed by atoms with van der Waals surface area (Å²) in [5, 5.41) is 0. The zero-order chi connectivity index (χ0) is 13.3. The molecule has 1 aliphatic heterocycles. The number of nitrogen functional groups attached to an aromatic ring is 1. The second-order valence-corrected chi connectivity index (χ2v) is 5.53. The van der Waals surface area contributed by atoms with Crippen molar-refractivity contribution in [2.75, 3.05) is 12.3 Å². The lowest BCUT2D eigenvalue weighted by atomic mass is 9.94. The first-order valence-electron chi connectivity index (χ1n) is 6.66. The van der Waals surface area contributed by atoms with Crippen molar-refractivity contribution in [3.8, 4) is 0 Å². The predicted octanol–water partition coefficient (Wildman–Crippen LogP) is 2.84. The van der Waals surface area contributed by atoms with Crippen LogP contribution >= 0.6 is 0 Å². The Labute approximate surface area is 109 Å². The molecule has 1 amide bonds. The first-order valence-corrected chi connectivity index (χ1v) is 6.66. The third kappa shape index (κ3) is 2.35. The van der Waals surface area contributed by atoms with E-state index in [1.165, 1.54) is 6.42 Å². The van der Waals surface area contributed by atoms with Gasteiger partial charge in [0.05, 0.1) is 5.56 Å². The van der Waals surface area contributed by atoms with Gasteiger partial charge in [-0.25, -0.2) is 0 Å². The van der Waals surface area contributed by atoms with Crippen LogP contribution < -0.4 is 5.73 Å². The number of hydrogen-bond donors (Lipinski definition) is 1. The minimum atomic E-state index is 0.0789. The molecule has 0 saturated carbocycles. The van der Waals surface area contributed by atoms with Gasteiger partial charge in [0.15, 0.2) is 0 Å². The lowest BCUT2D eigenvalue weighted by Crippen LogP contribution is -2.45. The molecule has 2 rings (SSSR count). The molecule has 1 fully saturated rings. The fourth-order valence-corrected chi connectivity index (χ4v) is 2.59. The summed E-state index contributed by atoms with van der Waals surface area (Å²) in [7, 11) is 0. The van der Waals surface area contributed by atoms with Crippen LogP contribution in [0, 0.1) is 12.8 Å². The first kappa shape index (κ1) is 12.9. The topological polar surface area (TPSA) is 46.3 Å². The van der Waals surface area contributed by atoms with E-state index in [0.717, 1.165) is 18.5 Å². The monoisotopic (exact) mass is 246 g/mol. The van der Waals surface area contributed by atoms with Gasteiger partial charge in [0.2, 0.25) is 0 Å². The number of carbonyl (C=O) groups excluding carboxylic acids is 1. The summed E-state index contributed by atoms with van der Waals surface area (Å²) in [5.41, 5.74) is 8.26. The summed E-state index contributed by atoms with van der Waals surface area (Å²) >= 11 is 0. The van der Waals surface area contributed by atoms with Crippen molar-refractivity contribution in [1.29, 1.82) is 0 Å². The molecule has 1 aliphatic rings. The molecule has 0 bridgehead atoms. The zero-order valence-electron chi connectivity index (χ0n) is 11.4. The summed E-state index contributed by atoms with van der Waals surface area (Å²) in [4.78, 5) is 14.5. The van der Waals surface area contributed by atoms with E-state index in [4.69, 9.17) is 5.73 Å². The third-order valence-electron chi connectivity index (χ3n) is 3.93. The molecule has 2 unspecified atom stereocenters. The van der Waals surface area contributed by atoms with Crippen LogP contribution in [0.25, 0.3) is 0 Å². The van der Waals surface area contributed by atoms with Gasteiger partial charge >= 0.3 is 0 Å². The highest BCUT2D eigenvalue weighted by Crippen LogP contribution is 2.25. The fourth-order valence-electron chi connectivity index (χ4n) is 2.59. The second-order valence-electron chi connectivity index (χ2n) is 5.53. The van der Waals surface area contributed by atoms with E-state index in [2.05, 4.69) is 13.8 Å². The summed E-state index contributed by atoms with van der Waals surface area (Å²) in [5.74, 6) is 0.659. The van der Waals surface area contributed by atoms with Crippen molar-refractivity contribution >= 4 is 11.6 Å². The molecular formula is C15H22N2O.